The van der Waals surface area contributed by atoms with E-state index in [1.807, 2.05) is 42.8 Å². The molecule has 0 aliphatic rings. The summed E-state index contributed by atoms with van der Waals surface area (Å²) in [6.07, 6.45) is 0.0812. The summed E-state index contributed by atoms with van der Waals surface area (Å²) in [5.41, 5.74) is 8.93. The Morgan fingerprint density at radius 2 is 1.65 bits per heavy atom. The normalized spacial score (nSPS) is 12.2. The third-order valence-electron chi connectivity index (χ3n) is 5.26. The molecule has 1 atom stereocenters. The van der Waals surface area contributed by atoms with Crippen LogP contribution in [0.25, 0.3) is 11.1 Å². The van der Waals surface area contributed by atoms with Gasteiger partial charge >= 0.3 is 0 Å². The Kier molecular flexibility index (Phi) is 9.51. The van der Waals surface area contributed by atoms with Gasteiger partial charge in [-0.15, -0.1) is 0 Å². The fourth-order valence-corrected chi connectivity index (χ4v) is 3.97. The first-order valence-corrected chi connectivity index (χ1v) is 13.7. The zero-order chi connectivity index (χ0) is 27.0. The smallest absolute Gasteiger partial charge is 0.268 e. The number of carbonyl (C=O) groups excluding carboxylic acids is 1. The standard InChI is InChI=1S/C27H33N3O6S/c1-18(2)36-26-16-21(8-13-24(26)27(32)30-37(3,33)34)19-6-11-23(12-7-19)35-15-14-29-17-25(31)20-4-9-22(28)10-5-20/h4-13,16,18,25,29,31H,14-15,17,28H2,1-3H3,(H,30,32)/t25-/m1/s1. The highest BCUT2D eigenvalue weighted by Gasteiger charge is 2.18. The van der Waals surface area contributed by atoms with Gasteiger partial charge in [-0.1, -0.05) is 30.3 Å². The van der Waals surface area contributed by atoms with Crippen molar-refractivity contribution in [3.63, 3.8) is 0 Å². The number of rotatable bonds is 12. The molecule has 0 bridgehead atoms. The largest absolute Gasteiger partial charge is 0.492 e. The topological polar surface area (TPSA) is 140 Å². The molecule has 5 N–H and O–H groups in total. The molecule has 3 aromatic rings. The molecule has 0 saturated heterocycles. The Morgan fingerprint density at radius 1 is 1.00 bits per heavy atom. The Hall–Kier alpha value is -3.60. The lowest BCUT2D eigenvalue weighted by atomic mass is 10.0. The molecule has 0 unspecified atom stereocenters. The van der Waals surface area contributed by atoms with Crippen molar-refractivity contribution in [3.8, 4) is 22.6 Å². The van der Waals surface area contributed by atoms with Crippen LogP contribution in [0.4, 0.5) is 5.69 Å². The average Bonchev–Trinajstić information content (AvgIpc) is 2.83. The van der Waals surface area contributed by atoms with Gasteiger partial charge in [0.1, 0.15) is 18.1 Å². The van der Waals surface area contributed by atoms with E-state index in [-0.39, 0.29) is 11.7 Å². The monoisotopic (exact) mass is 527 g/mol. The van der Waals surface area contributed by atoms with Crippen molar-refractivity contribution in [3.05, 3.63) is 77.9 Å². The molecule has 37 heavy (non-hydrogen) atoms. The highest BCUT2D eigenvalue weighted by molar-refractivity contribution is 7.89. The number of aliphatic hydroxyl groups excluding tert-OH is 1. The van der Waals surface area contributed by atoms with Gasteiger partial charge in [-0.05, 0) is 66.9 Å². The maximum atomic E-state index is 12.4. The molecule has 0 aromatic heterocycles. The molecule has 3 aromatic carbocycles. The van der Waals surface area contributed by atoms with Crippen LogP contribution in [0.1, 0.15) is 35.9 Å². The lowest BCUT2D eigenvalue weighted by molar-refractivity contribution is 0.0976. The number of hydrogen-bond donors (Lipinski definition) is 4. The highest BCUT2D eigenvalue weighted by atomic mass is 32.2. The molecule has 0 fully saturated rings. The first-order valence-electron chi connectivity index (χ1n) is 11.8. The van der Waals surface area contributed by atoms with Crippen molar-refractivity contribution in [2.45, 2.75) is 26.1 Å². The second-order valence-corrected chi connectivity index (χ2v) is 10.6. The highest BCUT2D eigenvalue weighted by Crippen LogP contribution is 2.29. The van der Waals surface area contributed by atoms with Gasteiger partial charge in [0, 0.05) is 18.8 Å². The van der Waals surface area contributed by atoms with Gasteiger partial charge in [-0.25, -0.2) is 13.1 Å². The van der Waals surface area contributed by atoms with Crippen molar-refractivity contribution >= 4 is 21.6 Å². The maximum absolute atomic E-state index is 12.4. The van der Waals surface area contributed by atoms with E-state index in [1.165, 1.54) is 0 Å². The molecule has 0 radical (unpaired) electrons. The number of ether oxygens (including phenoxy) is 2. The zero-order valence-electron chi connectivity index (χ0n) is 21.1. The van der Waals surface area contributed by atoms with E-state index in [0.29, 0.717) is 36.9 Å². The second-order valence-electron chi connectivity index (χ2n) is 8.84. The summed E-state index contributed by atoms with van der Waals surface area (Å²) in [4.78, 5) is 12.4. The number of nitrogen functional groups attached to an aromatic ring is 1. The molecule has 1 amide bonds. The molecular weight excluding hydrogens is 494 g/mol. The van der Waals surface area contributed by atoms with Gasteiger partial charge in [-0.2, -0.15) is 0 Å². The predicted octanol–water partition coefficient (Wildman–Crippen LogP) is 3.11. The SMILES string of the molecule is CC(C)Oc1cc(-c2ccc(OCCNC[C@@H](O)c3ccc(N)cc3)cc2)ccc1C(=O)NS(C)(=O)=O. The first-order chi connectivity index (χ1) is 17.5. The third-order valence-corrected chi connectivity index (χ3v) is 5.82. The average molecular weight is 528 g/mol. The van der Waals surface area contributed by atoms with Crippen LogP contribution in [0.3, 0.4) is 0 Å². The van der Waals surface area contributed by atoms with Crippen LogP contribution in [0.15, 0.2) is 66.7 Å². The van der Waals surface area contributed by atoms with Crippen LogP contribution < -0.4 is 25.2 Å². The Morgan fingerprint density at radius 3 is 2.27 bits per heavy atom. The lowest BCUT2D eigenvalue weighted by Crippen LogP contribution is -2.30. The quantitative estimate of drug-likeness (QED) is 0.208. The fourth-order valence-electron chi connectivity index (χ4n) is 3.52. The minimum Gasteiger partial charge on any atom is -0.492 e. The van der Waals surface area contributed by atoms with E-state index in [0.717, 1.165) is 22.9 Å². The van der Waals surface area contributed by atoms with Crippen molar-refractivity contribution in [2.75, 3.05) is 31.7 Å². The third kappa shape index (κ3) is 8.78. The van der Waals surface area contributed by atoms with Gasteiger partial charge in [-0.3, -0.25) is 4.79 Å². The number of aliphatic hydroxyl groups is 1. The van der Waals surface area contributed by atoms with E-state index in [2.05, 4.69) is 5.32 Å². The second kappa shape index (κ2) is 12.6. The van der Waals surface area contributed by atoms with E-state index in [4.69, 9.17) is 15.2 Å². The summed E-state index contributed by atoms with van der Waals surface area (Å²) >= 11 is 0. The molecule has 0 saturated carbocycles. The van der Waals surface area contributed by atoms with E-state index < -0.39 is 22.0 Å². The molecule has 0 spiro atoms. The van der Waals surface area contributed by atoms with E-state index in [9.17, 15) is 18.3 Å². The molecule has 10 heteroatoms. The van der Waals surface area contributed by atoms with E-state index in [1.54, 1.807) is 42.5 Å². The number of amides is 1. The summed E-state index contributed by atoms with van der Waals surface area (Å²) in [6, 6.07) is 19.6. The van der Waals surface area contributed by atoms with Crippen LogP contribution >= 0.6 is 0 Å². The van der Waals surface area contributed by atoms with Crippen molar-refractivity contribution in [1.29, 1.82) is 0 Å². The summed E-state index contributed by atoms with van der Waals surface area (Å²) in [6.45, 7) is 5.02. The predicted molar refractivity (Wildman–Crippen MR) is 144 cm³/mol. The Balaban J connectivity index is 1.57. The van der Waals surface area contributed by atoms with Crippen molar-refractivity contribution in [1.82, 2.24) is 10.0 Å². The van der Waals surface area contributed by atoms with Crippen LogP contribution in [0.5, 0.6) is 11.5 Å². The number of carbonyl (C=O) groups is 1. The van der Waals surface area contributed by atoms with Gasteiger partial charge < -0.3 is 25.6 Å². The minimum absolute atomic E-state index is 0.136. The first kappa shape index (κ1) is 28.0. The van der Waals surface area contributed by atoms with Gasteiger partial charge in [0.15, 0.2) is 0 Å². The van der Waals surface area contributed by atoms with Crippen LogP contribution in [-0.2, 0) is 10.0 Å². The van der Waals surface area contributed by atoms with Crippen LogP contribution in [0, 0.1) is 0 Å². The molecule has 0 aliphatic carbocycles. The van der Waals surface area contributed by atoms with Crippen molar-refractivity contribution < 1.29 is 27.8 Å². The number of sulfonamides is 1. The summed E-state index contributed by atoms with van der Waals surface area (Å²) in [7, 11) is -3.70. The Bertz CT molecular complexity index is 1290. The Labute approximate surface area is 217 Å². The lowest BCUT2D eigenvalue weighted by Gasteiger charge is -2.16. The molecule has 198 valence electrons. The van der Waals surface area contributed by atoms with Crippen LogP contribution in [-0.4, -0.2) is 51.5 Å². The fraction of sp³-hybridized carbons (Fsp3) is 0.296. The number of nitrogens with one attached hydrogen (secondary N) is 2. The number of nitrogens with two attached hydrogens (primary N) is 1. The van der Waals surface area contributed by atoms with E-state index >= 15 is 0 Å². The number of anilines is 1. The summed E-state index contributed by atoms with van der Waals surface area (Å²) in [5.74, 6) is 0.233. The molecule has 0 aliphatic heterocycles. The maximum Gasteiger partial charge on any atom is 0.268 e. The van der Waals surface area contributed by atoms with Gasteiger partial charge in [0.25, 0.3) is 5.91 Å². The van der Waals surface area contributed by atoms with Gasteiger partial charge in [0.2, 0.25) is 10.0 Å². The summed E-state index contributed by atoms with van der Waals surface area (Å²) < 4.78 is 36.5. The van der Waals surface area contributed by atoms with Crippen molar-refractivity contribution in [2.24, 2.45) is 0 Å². The molecule has 0 heterocycles. The summed E-state index contributed by atoms with van der Waals surface area (Å²) in [5, 5.41) is 13.4. The number of benzene rings is 3. The number of hydrogen-bond acceptors (Lipinski definition) is 8. The van der Waals surface area contributed by atoms with Gasteiger partial charge in [0.05, 0.1) is 24.0 Å². The zero-order valence-corrected chi connectivity index (χ0v) is 21.9. The minimum atomic E-state index is -3.70. The van der Waals surface area contributed by atoms with Crippen LogP contribution in [0.2, 0.25) is 0 Å². The molecular formula is C27H33N3O6S. The molecule has 3 rings (SSSR count). The molecule has 9 nitrogen and oxygen atoms in total.